The largest absolute Gasteiger partial charge is 0.486 e. The molecular formula is C12H17ClN2O2. The van der Waals surface area contributed by atoms with Gasteiger partial charge in [0.1, 0.15) is 13.2 Å². The van der Waals surface area contributed by atoms with Crippen LogP contribution in [-0.4, -0.2) is 19.1 Å². The lowest BCUT2D eigenvalue weighted by molar-refractivity contribution is 0.171. The van der Waals surface area contributed by atoms with E-state index in [2.05, 4.69) is 5.43 Å². The quantitative estimate of drug-likeness (QED) is 0.481. The fraction of sp³-hybridized carbons (Fsp3) is 0.500. The first-order valence-electron chi connectivity index (χ1n) is 5.77. The van der Waals surface area contributed by atoms with Gasteiger partial charge in [-0.3, -0.25) is 11.3 Å². The fourth-order valence-corrected chi connectivity index (χ4v) is 2.06. The van der Waals surface area contributed by atoms with Crippen LogP contribution in [0, 0.1) is 0 Å². The van der Waals surface area contributed by atoms with E-state index in [9.17, 15) is 0 Å². The lowest BCUT2D eigenvalue weighted by Crippen LogP contribution is -2.28. The lowest BCUT2D eigenvalue weighted by Gasteiger charge is -2.21. The van der Waals surface area contributed by atoms with Crippen molar-refractivity contribution in [3.8, 4) is 11.5 Å². The zero-order valence-corrected chi connectivity index (χ0v) is 10.4. The zero-order valence-electron chi connectivity index (χ0n) is 9.62. The van der Waals surface area contributed by atoms with Gasteiger partial charge in [0.05, 0.1) is 0 Å². The Labute approximate surface area is 106 Å². The van der Waals surface area contributed by atoms with Crippen molar-refractivity contribution < 1.29 is 9.47 Å². The number of ether oxygens (including phenoxy) is 2. The van der Waals surface area contributed by atoms with Crippen LogP contribution in [0.15, 0.2) is 18.2 Å². The molecule has 1 heterocycles. The first-order valence-corrected chi connectivity index (χ1v) is 6.30. The number of hydrogen-bond donors (Lipinski definition) is 2. The summed E-state index contributed by atoms with van der Waals surface area (Å²) in [6.07, 6.45) is 1.82. The van der Waals surface area contributed by atoms with Crippen LogP contribution in [0.3, 0.4) is 0 Å². The minimum atomic E-state index is 0.101. The first kappa shape index (κ1) is 12.5. The number of hydrazine groups is 1. The van der Waals surface area contributed by atoms with Crippen molar-refractivity contribution >= 4 is 11.6 Å². The van der Waals surface area contributed by atoms with Gasteiger partial charge in [0, 0.05) is 11.9 Å². The van der Waals surface area contributed by atoms with Gasteiger partial charge in [-0.15, -0.1) is 11.6 Å². The maximum absolute atomic E-state index is 5.69. The van der Waals surface area contributed by atoms with Crippen LogP contribution < -0.4 is 20.7 Å². The monoisotopic (exact) mass is 256 g/mol. The Morgan fingerprint density at radius 2 is 2.06 bits per heavy atom. The van der Waals surface area contributed by atoms with Gasteiger partial charge in [0.25, 0.3) is 0 Å². The topological polar surface area (TPSA) is 56.5 Å². The second-order valence-electron chi connectivity index (χ2n) is 3.95. The van der Waals surface area contributed by atoms with Gasteiger partial charge in [-0.2, -0.15) is 0 Å². The van der Waals surface area contributed by atoms with Crippen LogP contribution >= 0.6 is 11.6 Å². The molecular weight excluding hydrogens is 240 g/mol. The number of nitrogens with one attached hydrogen (secondary N) is 1. The second kappa shape index (κ2) is 6.10. The molecule has 1 aliphatic rings. The third-order valence-corrected chi connectivity index (χ3v) is 3.06. The van der Waals surface area contributed by atoms with Crippen molar-refractivity contribution in [1.29, 1.82) is 0 Å². The molecule has 0 saturated carbocycles. The molecule has 5 heteroatoms. The van der Waals surface area contributed by atoms with Gasteiger partial charge < -0.3 is 9.47 Å². The molecule has 0 amide bonds. The van der Waals surface area contributed by atoms with E-state index in [1.54, 1.807) is 0 Å². The maximum atomic E-state index is 5.69. The Hall–Kier alpha value is -0.970. The highest BCUT2D eigenvalue weighted by Gasteiger charge is 2.15. The number of halogens is 1. The van der Waals surface area contributed by atoms with Crippen LogP contribution in [0.4, 0.5) is 0 Å². The second-order valence-corrected chi connectivity index (χ2v) is 4.33. The summed E-state index contributed by atoms with van der Waals surface area (Å²) in [5.41, 5.74) is 3.90. The molecule has 0 fully saturated rings. The Morgan fingerprint density at radius 3 is 2.76 bits per heavy atom. The fourth-order valence-electron chi connectivity index (χ4n) is 1.90. The normalized spacial score (nSPS) is 15.6. The summed E-state index contributed by atoms with van der Waals surface area (Å²) in [4.78, 5) is 0. The SMILES string of the molecule is NNC(CCCCl)c1ccc2c(c1)OCCO2. The van der Waals surface area contributed by atoms with E-state index >= 15 is 0 Å². The third-order valence-electron chi connectivity index (χ3n) is 2.80. The van der Waals surface area contributed by atoms with Crippen LogP contribution in [0.5, 0.6) is 11.5 Å². The van der Waals surface area contributed by atoms with Crippen LogP contribution in [0.25, 0.3) is 0 Å². The number of benzene rings is 1. The van der Waals surface area contributed by atoms with Crippen molar-refractivity contribution in [3.63, 3.8) is 0 Å². The molecule has 1 aromatic rings. The summed E-state index contributed by atoms with van der Waals surface area (Å²) in [6, 6.07) is 6.01. The highest BCUT2D eigenvalue weighted by Crippen LogP contribution is 2.33. The smallest absolute Gasteiger partial charge is 0.161 e. The molecule has 3 N–H and O–H groups in total. The predicted molar refractivity (Wildman–Crippen MR) is 67.5 cm³/mol. The van der Waals surface area contributed by atoms with Gasteiger partial charge in [0.2, 0.25) is 0 Å². The molecule has 0 saturated heterocycles. The molecule has 0 radical (unpaired) electrons. The van der Waals surface area contributed by atoms with Gasteiger partial charge in [-0.05, 0) is 30.5 Å². The highest BCUT2D eigenvalue weighted by molar-refractivity contribution is 6.17. The molecule has 0 aromatic heterocycles. The van der Waals surface area contributed by atoms with Crippen LogP contribution in [0.1, 0.15) is 24.4 Å². The van der Waals surface area contributed by atoms with E-state index in [1.807, 2.05) is 18.2 Å². The van der Waals surface area contributed by atoms with E-state index < -0.39 is 0 Å². The summed E-state index contributed by atoms with van der Waals surface area (Å²) < 4.78 is 11.0. The minimum Gasteiger partial charge on any atom is -0.486 e. The molecule has 2 rings (SSSR count). The standard InChI is InChI=1S/C12H17ClN2O2/c13-5-1-2-10(15-14)9-3-4-11-12(8-9)17-7-6-16-11/h3-4,8,10,15H,1-2,5-7,14H2. The predicted octanol–water partition coefficient (Wildman–Crippen LogP) is 1.98. The molecule has 1 aliphatic heterocycles. The molecule has 1 unspecified atom stereocenters. The molecule has 0 bridgehead atoms. The summed E-state index contributed by atoms with van der Waals surface area (Å²) in [7, 11) is 0. The van der Waals surface area contributed by atoms with E-state index in [-0.39, 0.29) is 6.04 Å². The van der Waals surface area contributed by atoms with E-state index in [1.165, 1.54) is 0 Å². The van der Waals surface area contributed by atoms with Crippen LogP contribution in [-0.2, 0) is 0 Å². The summed E-state index contributed by atoms with van der Waals surface area (Å²) in [5, 5.41) is 0. The number of nitrogens with two attached hydrogens (primary N) is 1. The number of rotatable bonds is 5. The van der Waals surface area contributed by atoms with Crippen molar-refractivity contribution in [3.05, 3.63) is 23.8 Å². The van der Waals surface area contributed by atoms with Crippen molar-refractivity contribution in [2.45, 2.75) is 18.9 Å². The molecule has 94 valence electrons. The first-order chi connectivity index (χ1) is 8.35. The zero-order chi connectivity index (χ0) is 12.1. The molecule has 0 aliphatic carbocycles. The van der Waals surface area contributed by atoms with Crippen molar-refractivity contribution in [2.24, 2.45) is 5.84 Å². The molecule has 0 spiro atoms. The summed E-state index contributed by atoms with van der Waals surface area (Å²) in [5.74, 6) is 7.79. The number of hydrogen-bond acceptors (Lipinski definition) is 4. The van der Waals surface area contributed by atoms with Crippen LogP contribution in [0.2, 0.25) is 0 Å². The van der Waals surface area contributed by atoms with E-state index in [0.29, 0.717) is 19.1 Å². The Balaban J connectivity index is 2.13. The molecule has 17 heavy (non-hydrogen) atoms. The summed E-state index contributed by atoms with van der Waals surface area (Å²) >= 11 is 5.69. The maximum Gasteiger partial charge on any atom is 0.161 e. The average molecular weight is 257 g/mol. The highest BCUT2D eigenvalue weighted by atomic mass is 35.5. The number of fused-ring (bicyclic) bond motifs is 1. The van der Waals surface area contributed by atoms with E-state index in [4.69, 9.17) is 26.9 Å². The summed E-state index contributed by atoms with van der Waals surface area (Å²) in [6.45, 7) is 1.20. The lowest BCUT2D eigenvalue weighted by atomic mass is 10.0. The van der Waals surface area contributed by atoms with Gasteiger partial charge in [-0.25, -0.2) is 0 Å². The average Bonchev–Trinajstić information content (AvgIpc) is 2.39. The van der Waals surface area contributed by atoms with Gasteiger partial charge in [-0.1, -0.05) is 6.07 Å². The molecule has 1 aromatic carbocycles. The number of alkyl halides is 1. The van der Waals surface area contributed by atoms with E-state index in [0.717, 1.165) is 29.9 Å². The molecule has 4 nitrogen and oxygen atoms in total. The van der Waals surface area contributed by atoms with Gasteiger partial charge in [0.15, 0.2) is 11.5 Å². The Morgan fingerprint density at radius 1 is 1.29 bits per heavy atom. The van der Waals surface area contributed by atoms with Gasteiger partial charge >= 0.3 is 0 Å². The Bertz CT molecular complexity index is 374. The minimum absolute atomic E-state index is 0.101. The molecule has 1 atom stereocenters. The van der Waals surface area contributed by atoms with Crippen molar-refractivity contribution in [1.82, 2.24) is 5.43 Å². The van der Waals surface area contributed by atoms with Crippen molar-refractivity contribution in [2.75, 3.05) is 19.1 Å². The third kappa shape index (κ3) is 3.03. The Kier molecular flexibility index (Phi) is 4.48.